The molecule has 8 rings (SSSR count). The molecule has 1 unspecified atom stereocenters. The van der Waals surface area contributed by atoms with E-state index in [0.717, 1.165) is 43.6 Å². The average Bonchev–Trinajstić information content (AvgIpc) is 3.53. The number of rotatable bonds is 1. The second-order valence-corrected chi connectivity index (χ2v) is 10.2. The molecule has 3 aliphatic heterocycles. The summed E-state index contributed by atoms with van der Waals surface area (Å²) in [5, 5.41) is 5.98. The van der Waals surface area contributed by atoms with Gasteiger partial charge in [-0.3, -0.25) is 14.9 Å². The van der Waals surface area contributed by atoms with Crippen LogP contribution in [0.2, 0.25) is 0 Å². The highest BCUT2D eigenvalue weighted by molar-refractivity contribution is 6.39. The predicted molar refractivity (Wildman–Crippen MR) is 142 cm³/mol. The predicted octanol–water partition coefficient (Wildman–Crippen LogP) is 4.03. The number of imide groups is 1. The van der Waals surface area contributed by atoms with E-state index in [1.807, 2.05) is 48.5 Å². The van der Waals surface area contributed by atoms with Crippen molar-refractivity contribution in [3.05, 3.63) is 59.7 Å². The quantitative estimate of drug-likeness (QED) is 0.345. The van der Waals surface area contributed by atoms with Gasteiger partial charge in [0.05, 0.1) is 41.9 Å². The summed E-state index contributed by atoms with van der Waals surface area (Å²) in [4.78, 5) is 41.2. The number of carbonyl (C=O) groups excluding carboxylic acids is 3. The summed E-state index contributed by atoms with van der Waals surface area (Å²) in [5.41, 5.74) is 4.65. The van der Waals surface area contributed by atoms with Crippen molar-refractivity contribution in [3.63, 3.8) is 0 Å². The third-order valence-corrected chi connectivity index (χ3v) is 8.19. The zero-order valence-corrected chi connectivity index (χ0v) is 20.5. The fourth-order valence-corrected chi connectivity index (χ4v) is 6.59. The second kappa shape index (κ2) is 7.82. The molecule has 0 radical (unpaired) electrons. The molecule has 38 heavy (non-hydrogen) atoms. The molecular weight excluding hydrogens is 484 g/mol. The number of hydrogen-bond donors (Lipinski definition) is 1. The Morgan fingerprint density at radius 3 is 2.05 bits per heavy atom. The Balaban J connectivity index is 1.44. The van der Waals surface area contributed by atoms with Crippen molar-refractivity contribution < 1.29 is 23.9 Å². The van der Waals surface area contributed by atoms with Crippen molar-refractivity contribution in [1.82, 2.24) is 19.4 Å². The fourth-order valence-electron chi connectivity index (χ4n) is 6.59. The lowest BCUT2D eigenvalue weighted by Gasteiger charge is -2.29. The molecule has 9 heteroatoms. The highest BCUT2D eigenvalue weighted by atomic mass is 16.6. The minimum absolute atomic E-state index is 0.326. The third kappa shape index (κ3) is 2.82. The van der Waals surface area contributed by atoms with Gasteiger partial charge in [-0.25, -0.2) is 4.79 Å². The SMILES string of the molecule is O=C1NC(=O)c2c1c1c3ccccc3n3c1c1c2c2ccccc2n1CC(OC(=O)N1CCOCC1)CC3. The van der Waals surface area contributed by atoms with Crippen LogP contribution >= 0.6 is 0 Å². The Bertz CT molecular complexity index is 1860. The Hall–Kier alpha value is -4.37. The van der Waals surface area contributed by atoms with Gasteiger partial charge in [-0.15, -0.1) is 0 Å². The molecule has 2 aromatic heterocycles. The highest BCUT2D eigenvalue weighted by Gasteiger charge is 2.37. The molecule has 9 nitrogen and oxygen atoms in total. The van der Waals surface area contributed by atoms with E-state index in [4.69, 9.17) is 9.47 Å². The van der Waals surface area contributed by atoms with Crippen LogP contribution in [0.25, 0.3) is 43.6 Å². The highest BCUT2D eigenvalue weighted by Crippen LogP contribution is 2.45. The van der Waals surface area contributed by atoms with Crippen molar-refractivity contribution in [2.24, 2.45) is 0 Å². The van der Waals surface area contributed by atoms with Gasteiger partial charge in [0.2, 0.25) is 0 Å². The van der Waals surface area contributed by atoms with E-state index in [9.17, 15) is 14.4 Å². The molecule has 1 saturated heterocycles. The summed E-state index contributed by atoms with van der Waals surface area (Å²) in [5.74, 6) is -0.727. The summed E-state index contributed by atoms with van der Waals surface area (Å²) >= 11 is 0. The summed E-state index contributed by atoms with van der Waals surface area (Å²) in [6, 6.07) is 15.9. The van der Waals surface area contributed by atoms with E-state index in [-0.39, 0.29) is 24.0 Å². The van der Waals surface area contributed by atoms with Gasteiger partial charge < -0.3 is 23.5 Å². The first-order valence-electron chi connectivity index (χ1n) is 13.0. The number of aryl methyl sites for hydroxylation is 1. The first-order valence-corrected chi connectivity index (χ1v) is 13.0. The van der Waals surface area contributed by atoms with Gasteiger partial charge in [0.1, 0.15) is 6.10 Å². The van der Waals surface area contributed by atoms with Crippen LogP contribution in [0, 0.1) is 0 Å². The topological polar surface area (TPSA) is 94.8 Å². The van der Waals surface area contributed by atoms with Gasteiger partial charge in [0, 0.05) is 58.6 Å². The molecule has 5 aromatic rings. The number of fused-ring (bicyclic) bond motifs is 9. The maximum absolute atomic E-state index is 13.3. The minimum atomic E-state index is -0.377. The van der Waals surface area contributed by atoms with Crippen LogP contribution in [0.1, 0.15) is 27.1 Å². The van der Waals surface area contributed by atoms with Gasteiger partial charge in [-0.1, -0.05) is 36.4 Å². The minimum Gasteiger partial charge on any atom is -0.444 e. The lowest BCUT2D eigenvalue weighted by Crippen LogP contribution is -2.43. The molecular formula is C29H24N4O5. The van der Waals surface area contributed by atoms with Crippen LogP contribution in [-0.4, -0.2) is 64.3 Å². The molecule has 0 saturated carbocycles. The number of benzene rings is 3. The molecule has 1 fully saturated rings. The van der Waals surface area contributed by atoms with E-state index < -0.39 is 0 Å². The van der Waals surface area contributed by atoms with E-state index in [1.54, 1.807) is 4.90 Å². The van der Waals surface area contributed by atoms with Crippen LogP contribution < -0.4 is 5.32 Å². The van der Waals surface area contributed by atoms with Crippen LogP contribution in [0.4, 0.5) is 4.79 Å². The standard InChI is InChI=1S/C29H24N4O5/c34-27-23-21-17-5-1-3-7-19(17)32-10-9-16(38-29(36)31-11-13-37-14-12-31)15-33-20-8-4-2-6-18(20)22(26(33)25(21)32)24(23)28(35)30-27/h1-8,16H,9-15H2,(H,30,34,35). The molecule has 3 aliphatic rings. The molecule has 0 aliphatic carbocycles. The largest absolute Gasteiger partial charge is 0.444 e. The molecule has 190 valence electrons. The normalized spacial score (nSPS) is 19.4. The van der Waals surface area contributed by atoms with Crippen molar-refractivity contribution in [3.8, 4) is 0 Å². The van der Waals surface area contributed by atoms with Gasteiger partial charge in [-0.2, -0.15) is 0 Å². The first-order chi connectivity index (χ1) is 18.6. The molecule has 0 bridgehead atoms. The number of amides is 3. The molecule has 3 amide bonds. The third-order valence-electron chi connectivity index (χ3n) is 8.19. The van der Waals surface area contributed by atoms with E-state index >= 15 is 0 Å². The smallest absolute Gasteiger partial charge is 0.410 e. The van der Waals surface area contributed by atoms with Crippen LogP contribution in [-0.2, 0) is 22.6 Å². The number of aromatic nitrogens is 2. The van der Waals surface area contributed by atoms with Crippen molar-refractivity contribution in [1.29, 1.82) is 0 Å². The molecule has 0 spiro atoms. The summed E-state index contributed by atoms with van der Waals surface area (Å²) in [6.07, 6.45) is -0.0925. The van der Waals surface area contributed by atoms with Gasteiger partial charge in [0.25, 0.3) is 11.8 Å². The van der Waals surface area contributed by atoms with Gasteiger partial charge in [0.15, 0.2) is 0 Å². The van der Waals surface area contributed by atoms with Gasteiger partial charge >= 0.3 is 6.09 Å². The number of ether oxygens (including phenoxy) is 2. The van der Waals surface area contributed by atoms with Crippen LogP contribution in [0.3, 0.4) is 0 Å². The number of nitrogens with one attached hydrogen (secondary N) is 1. The lowest BCUT2D eigenvalue weighted by molar-refractivity contribution is 0.00740. The number of para-hydroxylation sites is 2. The lowest BCUT2D eigenvalue weighted by atomic mass is 9.96. The first kappa shape index (κ1) is 21.7. The summed E-state index contributed by atoms with van der Waals surface area (Å²) < 4.78 is 15.9. The van der Waals surface area contributed by atoms with Crippen molar-refractivity contribution in [2.45, 2.75) is 25.6 Å². The zero-order chi connectivity index (χ0) is 25.5. The van der Waals surface area contributed by atoms with E-state index in [0.29, 0.717) is 56.9 Å². The molecule has 1 atom stereocenters. The molecule has 5 heterocycles. The Morgan fingerprint density at radius 2 is 1.39 bits per heavy atom. The fraction of sp³-hybridized carbons (Fsp3) is 0.276. The molecule has 1 N–H and O–H groups in total. The monoisotopic (exact) mass is 508 g/mol. The Morgan fingerprint density at radius 1 is 0.816 bits per heavy atom. The number of carbonyl (C=O) groups is 3. The maximum Gasteiger partial charge on any atom is 0.410 e. The van der Waals surface area contributed by atoms with Crippen molar-refractivity contribution >= 4 is 61.5 Å². The molecule has 3 aromatic carbocycles. The van der Waals surface area contributed by atoms with Crippen LogP contribution in [0.5, 0.6) is 0 Å². The van der Waals surface area contributed by atoms with Crippen LogP contribution in [0.15, 0.2) is 48.5 Å². The van der Waals surface area contributed by atoms with E-state index in [1.165, 1.54) is 0 Å². The Kier molecular flexibility index (Phi) is 4.46. The number of nitrogens with zero attached hydrogens (tertiary/aromatic N) is 3. The zero-order valence-electron chi connectivity index (χ0n) is 20.5. The summed E-state index contributed by atoms with van der Waals surface area (Å²) in [7, 11) is 0. The second-order valence-electron chi connectivity index (χ2n) is 10.2. The number of hydrogen-bond acceptors (Lipinski definition) is 5. The van der Waals surface area contributed by atoms with Gasteiger partial charge in [-0.05, 0) is 12.1 Å². The number of morpholine rings is 1. The summed E-state index contributed by atoms with van der Waals surface area (Å²) in [6.45, 7) is 3.11. The average molecular weight is 509 g/mol. The van der Waals surface area contributed by atoms with Crippen molar-refractivity contribution in [2.75, 3.05) is 26.3 Å². The van der Waals surface area contributed by atoms with E-state index in [2.05, 4.69) is 14.5 Å². The Labute approximate surface area is 216 Å². The maximum atomic E-state index is 13.3.